The summed E-state index contributed by atoms with van der Waals surface area (Å²) in [6.07, 6.45) is 6.33. The minimum Gasteiger partial charge on any atom is -0.379 e. The predicted molar refractivity (Wildman–Crippen MR) is 97.2 cm³/mol. The van der Waals surface area contributed by atoms with Crippen molar-refractivity contribution in [3.8, 4) is 0 Å². The van der Waals surface area contributed by atoms with Crippen molar-refractivity contribution in [2.45, 2.75) is 60.8 Å². The quantitative estimate of drug-likeness (QED) is 0.493. The van der Waals surface area contributed by atoms with Crippen LogP contribution in [0.4, 0.5) is 18.9 Å². The highest BCUT2D eigenvalue weighted by Crippen LogP contribution is 2.38. The maximum absolute atomic E-state index is 14.9. The summed E-state index contributed by atoms with van der Waals surface area (Å²) in [6.45, 7) is 0.132. The van der Waals surface area contributed by atoms with Crippen molar-refractivity contribution >= 4 is 27.5 Å². The van der Waals surface area contributed by atoms with Crippen molar-refractivity contribution in [1.29, 1.82) is 0 Å². The number of anilines is 1. The molecule has 1 aliphatic rings. The Morgan fingerprint density at radius 3 is 2.12 bits per heavy atom. The van der Waals surface area contributed by atoms with E-state index in [-0.39, 0.29) is 18.3 Å². The molecule has 1 saturated carbocycles. The molecule has 0 aliphatic heterocycles. The zero-order valence-corrected chi connectivity index (χ0v) is 16.0. The van der Waals surface area contributed by atoms with Gasteiger partial charge >= 0.3 is 0 Å². The lowest BCUT2D eigenvalue weighted by Crippen LogP contribution is -2.26. The molecule has 0 spiro atoms. The summed E-state index contributed by atoms with van der Waals surface area (Å²) in [6, 6.07) is -0.234. The smallest absolute Gasteiger partial charge is 0.243 e. The van der Waals surface area contributed by atoms with Crippen molar-refractivity contribution in [2.75, 3.05) is 17.6 Å². The van der Waals surface area contributed by atoms with Gasteiger partial charge in [-0.05, 0) is 12.8 Å². The van der Waals surface area contributed by atoms with Gasteiger partial charge in [0.15, 0.2) is 17.5 Å². The number of nitrogens with two attached hydrogens (primary N) is 2. The van der Waals surface area contributed by atoms with Crippen LogP contribution in [0.1, 0.15) is 44.9 Å². The van der Waals surface area contributed by atoms with Gasteiger partial charge in [-0.2, -0.15) is 0 Å². The fourth-order valence-corrected chi connectivity index (χ4v) is 4.65. The van der Waals surface area contributed by atoms with E-state index in [0.29, 0.717) is 24.6 Å². The molecule has 0 bridgehead atoms. The first kappa shape index (κ1) is 21.3. The molecule has 26 heavy (non-hydrogen) atoms. The van der Waals surface area contributed by atoms with Gasteiger partial charge in [-0.3, -0.25) is 0 Å². The topological polar surface area (TPSA) is 98.2 Å². The molecular formula is C16H24F3N3O2S2. The number of nitrogens with one attached hydrogen (secondary N) is 1. The highest BCUT2D eigenvalue weighted by atomic mass is 32.2. The Bertz CT molecular complexity index is 737. The standard InChI is InChI=1S/C16H24F3N3O2S2/c17-11-12(18)16(26(21,23)24)14(13(19)15(11)25-9-8-20)22-10-6-4-2-1-3-5-7-10/h10,22H,1-9,20H2,(H2,21,23,24). The zero-order chi connectivity index (χ0) is 19.3. The van der Waals surface area contributed by atoms with Crippen molar-refractivity contribution in [3.63, 3.8) is 0 Å². The number of benzene rings is 1. The van der Waals surface area contributed by atoms with Gasteiger partial charge in [-0.25, -0.2) is 26.7 Å². The minimum absolute atomic E-state index is 0.132. The van der Waals surface area contributed by atoms with Crippen LogP contribution in [-0.4, -0.2) is 26.8 Å². The number of hydrogen-bond acceptors (Lipinski definition) is 5. The van der Waals surface area contributed by atoms with E-state index in [9.17, 15) is 21.6 Å². The van der Waals surface area contributed by atoms with Crippen LogP contribution in [0.25, 0.3) is 0 Å². The zero-order valence-electron chi connectivity index (χ0n) is 14.4. The summed E-state index contributed by atoms with van der Waals surface area (Å²) in [4.78, 5) is -1.75. The van der Waals surface area contributed by atoms with Crippen LogP contribution in [0, 0.1) is 17.5 Å². The monoisotopic (exact) mass is 411 g/mol. The first-order valence-electron chi connectivity index (χ1n) is 8.60. The molecule has 10 heteroatoms. The molecule has 0 heterocycles. The van der Waals surface area contributed by atoms with E-state index in [1.165, 1.54) is 0 Å². The molecule has 2 rings (SSSR count). The maximum atomic E-state index is 14.9. The van der Waals surface area contributed by atoms with Gasteiger partial charge in [0.05, 0.1) is 10.6 Å². The molecule has 0 unspecified atom stereocenters. The van der Waals surface area contributed by atoms with Gasteiger partial charge in [0.1, 0.15) is 4.90 Å². The van der Waals surface area contributed by atoms with Crippen molar-refractivity contribution < 1.29 is 21.6 Å². The Hall–Kier alpha value is -0.970. The van der Waals surface area contributed by atoms with Gasteiger partial charge in [-0.1, -0.05) is 32.1 Å². The van der Waals surface area contributed by atoms with E-state index in [4.69, 9.17) is 10.9 Å². The molecule has 148 valence electrons. The van der Waals surface area contributed by atoms with E-state index in [0.717, 1.165) is 32.1 Å². The van der Waals surface area contributed by atoms with Crippen LogP contribution in [0.3, 0.4) is 0 Å². The third-order valence-corrected chi connectivity index (χ3v) is 6.38. The third-order valence-electron chi connectivity index (χ3n) is 4.34. The lowest BCUT2D eigenvalue weighted by molar-refractivity contribution is 0.441. The molecule has 0 aromatic heterocycles. The number of sulfonamides is 1. The first-order valence-corrected chi connectivity index (χ1v) is 11.1. The van der Waals surface area contributed by atoms with Crippen LogP contribution in [0.2, 0.25) is 0 Å². The molecule has 1 fully saturated rings. The number of primary sulfonamides is 1. The number of rotatable bonds is 6. The summed E-state index contributed by atoms with van der Waals surface area (Å²) in [5.74, 6) is -4.21. The second-order valence-corrected chi connectivity index (χ2v) is 8.95. The van der Waals surface area contributed by atoms with Gasteiger partial charge in [0.2, 0.25) is 10.0 Å². The fourth-order valence-electron chi connectivity index (χ4n) is 3.11. The van der Waals surface area contributed by atoms with Crippen LogP contribution in [0.15, 0.2) is 9.79 Å². The lowest BCUT2D eigenvalue weighted by Gasteiger charge is -2.24. The Morgan fingerprint density at radius 2 is 1.58 bits per heavy atom. The highest BCUT2D eigenvalue weighted by Gasteiger charge is 2.32. The molecule has 5 nitrogen and oxygen atoms in total. The van der Waals surface area contributed by atoms with Crippen LogP contribution < -0.4 is 16.2 Å². The Kier molecular flexibility index (Phi) is 7.63. The second-order valence-electron chi connectivity index (χ2n) is 6.34. The van der Waals surface area contributed by atoms with Crippen LogP contribution >= 0.6 is 11.8 Å². The Morgan fingerprint density at radius 1 is 1.00 bits per heavy atom. The minimum atomic E-state index is -4.66. The maximum Gasteiger partial charge on any atom is 0.243 e. The SMILES string of the molecule is NCCSc1c(F)c(F)c(S(N)(=O)=O)c(NC2CCCCCCC2)c1F. The fraction of sp³-hybridized carbons (Fsp3) is 0.625. The average molecular weight is 412 g/mol. The number of hydrogen-bond donors (Lipinski definition) is 3. The summed E-state index contributed by atoms with van der Waals surface area (Å²) >= 11 is 0.700. The molecular weight excluding hydrogens is 387 g/mol. The van der Waals surface area contributed by atoms with E-state index in [2.05, 4.69) is 5.32 Å². The molecule has 0 atom stereocenters. The number of thioether (sulfide) groups is 1. The highest BCUT2D eigenvalue weighted by molar-refractivity contribution is 7.99. The first-order chi connectivity index (χ1) is 12.3. The van der Waals surface area contributed by atoms with Crippen molar-refractivity contribution in [3.05, 3.63) is 17.5 Å². The lowest BCUT2D eigenvalue weighted by atomic mass is 9.96. The van der Waals surface area contributed by atoms with E-state index in [1.807, 2.05) is 0 Å². The van der Waals surface area contributed by atoms with Crippen molar-refractivity contribution in [1.82, 2.24) is 0 Å². The number of halogens is 3. The second kappa shape index (κ2) is 9.29. The summed E-state index contributed by atoms with van der Waals surface area (Å²) < 4.78 is 67.2. The van der Waals surface area contributed by atoms with E-state index in [1.54, 1.807) is 0 Å². The predicted octanol–water partition coefficient (Wildman–Crippen LogP) is 3.33. The molecule has 1 aliphatic carbocycles. The summed E-state index contributed by atoms with van der Waals surface area (Å²) in [7, 11) is -4.66. The van der Waals surface area contributed by atoms with Gasteiger partial charge in [0, 0.05) is 18.3 Å². The molecule has 5 N–H and O–H groups in total. The largest absolute Gasteiger partial charge is 0.379 e. The molecule has 1 aromatic carbocycles. The summed E-state index contributed by atoms with van der Waals surface area (Å²) in [5.41, 5.74) is 4.76. The van der Waals surface area contributed by atoms with Crippen LogP contribution in [0.5, 0.6) is 0 Å². The van der Waals surface area contributed by atoms with Crippen molar-refractivity contribution in [2.24, 2.45) is 10.9 Å². The summed E-state index contributed by atoms with van der Waals surface area (Å²) in [5, 5.41) is 7.83. The van der Waals surface area contributed by atoms with Gasteiger partial charge in [-0.15, -0.1) is 11.8 Å². The third kappa shape index (κ3) is 5.05. The average Bonchev–Trinajstić information content (AvgIpc) is 2.53. The Balaban J connectivity index is 2.51. The molecule has 0 saturated heterocycles. The molecule has 0 amide bonds. The van der Waals surface area contributed by atoms with E-state index < -0.39 is 43.0 Å². The normalized spacial score (nSPS) is 17.0. The van der Waals surface area contributed by atoms with Gasteiger partial charge in [0.25, 0.3) is 0 Å². The van der Waals surface area contributed by atoms with Crippen LogP contribution in [-0.2, 0) is 10.0 Å². The van der Waals surface area contributed by atoms with E-state index >= 15 is 0 Å². The molecule has 0 radical (unpaired) electrons. The molecule has 1 aromatic rings. The Labute approximate surface area is 156 Å². The van der Waals surface area contributed by atoms with Gasteiger partial charge < -0.3 is 11.1 Å².